The first kappa shape index (κ1) is 14.6. The number of amides is 1. The van der Waals surface area contributed by atoms with Gasteiger partial charge in [0.1, 0.15) is 0 Å². The molecule has 0 spiro atoms. The summed E-state index contributed by atoms with van der Waals surface area (Å²) in [5.74, 6) is 0.0911. The van der Waals surface area contributed by atoms with Crippen LogP contribution in [-0.4, -0.2) is 12.5 Å². The molecule has 0 radical (unpaired) electrons. The Morgan fingerprint density at radius 3 is 2.55 bits per heavy atom. The van der Waals surface area contributed by atoms with Crippen LogP contribution in [0.1, 0.15) is 28.7 Å². The molecule has 0 aliphatic heterocycles. The zero-order valence-electron chi connectivity index (χ0n) is 12.8. The Hall–Kier alpha value is -2.29. The van der Waals surface area contributed by atoms with Crippen molar-refractivity contribution in [2.45, 2.75) is 32.1 Å². The average molecular weight is 294 g/mol. The molecule has 3 heteroatoms. The number of nitrogen functional groups attached to an aromatic ring is 1. The van der Waals surface area contributed by atoms with Crippen LogP contribution in [0.15, 0.2) is 42.5 Å². The Bertz CT molecular complexity index is 662. The molecule has 0 atom stereocenters. The molecular weight excluding hydrogens is 272 g/mol. The van der Waals surface area contributed by atoms with Gasteiger partial charge in [-0.3, -0.25) is 4.79 Å². The zero-order valence-corrected chi connectivity index (χ0v) is 12.8. The number of fused-ring (bicyclic) bond motifs is 1. The van der Waals surface area contributed by atoms with E-state index in [1.807, 2.05) is 24.3 Å². The summed E-state index contributed by atoms with van der Waals surface area (Å²) < 4.78 is 0. The van der Waals surface area contributed by atoms with E-state index in [1.54, 1.807) is 0 Å². The number of nitrogens with one attached hydrogen (secondary N) is 1. The van der Waals surface area contributed by atoms with E-state index in [0.717, 1.165) is 24.1 Å². The van der Waals surface area contributed by atoms with E-state index in [0.29, 0.717) is 13.0 Å². The van der Waals surface area contributed by atoms with Crippen molar-refractivity contribution in [2.24, 2.45) is 0 Å². The molecule has 0 bridgehead atoms. The lowest BCUT2D eigenvalue weighted by molar-refractivity contribution is -0.120. The minimum absolute atomic E-state index is 0.0911. The number of aryl methyl sites for hydroxylation is 2. The van der Waals surface area contributed by atoms with Gasteiger partial charge in [-0.05, 0) is 60.1 Å². The molecule has 114 valence electrons. The van der Waals surface area contributed by atoms with Crippen molar-refractivity contribution in [1.29, 1.82) is 0 Å². The van der Waals surface area contributed by atoms with Crippen LogP contribution in [0.4, 0.5) is 5.69 Å². The maximum absolute atomic E-state index is 12.0. The lowest BCUT2D eigenvalue weighted by Crippen LogP contribution is -2.27. The minimum atomic E-state index is 0.0911. The monoisotopic (exact) mass is 294 g/mol. The van der Waals surface area contributed by atoms with E-state index in [-0.39, 0.29) is 5.91 Å². The summed E-state index contributed by atoms with van der Waals surface area (Å²) in [6, 6.07) is 14.2. The largest absolute Gasteiger partial charge is 0.399 e. The number of hydrogen-bond donors (Lipinski definition) is 2. The van der Waals surface area contributed by atoms with E-state index in [9.17, 15) is 4.79 Å². The molecule has 22 heavy (non-hydrogen) atoms. The SMILES string of the molecule is Nc1ccc(CCNC(=O)Cc2ccc3c(c2)CCC3)cc1. The average Bonchev–Trinajstić information content (AvgIpc) is 2.97. The fraction of sp³-hybridized carbons (Fsp3) is 0.316. The second kappa shape index (κ2) is 6.65. The topological polar surface area (TPSA) is 55.1 Å². The smallest absolute Gasteiger partial charge is 0.224 e. The molecule has 1 amide bonds. The summed E-state index contributed by atoms with van der Waals surface area (Å²) in [5.41, 5.74) is 11.6. The van der Waals surface area contributed by atoms with Crippen molar-refractivity contribution >= 4 is 11.6 Å². The molecule has 0 saturated carbocycles. The van der Waals surface area contributed by atoms with Gasteiger partial charge in [-0.25, -0.2) is 0 Å². The van der Waals surface area contributed by atoms with Crippen molar-refractivity contribution in [3.8, 4) is 0 Å². The van der Waals surface area contributed by atoms with Crippen LogP contribution in [0.25, 0.3) is 0 Å². The Morgan fingerprint density at radius 1 is 1.00 bits per heavy atom. The molecule has 0 aromatic heterocycles. The van der Waals surface area contributed by atoms with Crippen LogP contribution < -0.4 is 11.1 Å². The molecule has 2 aromatic rings. The molecule has 1 aliphatic rings. The standard InChI is InChI=1S/C19H22N2O/c20-18-8-5-14(6-9-18)10-11-21-19(22)13-15-4-7-16-2-1-3-17(16)12-15/h4-9,12H,1-3,10-11,13,20H2,(H,21,22). The van der Waals surface area contributed by atoms with Gasteiger partial charge in [0.2, 0.25) is 5.91 Å². The summed E-state index contributed by atoms with van der Waals surface area (Å²) in [5, 5.41) is 2.99. The van der Waals surface area contributed by atoms with Crippen molar-refractivity contribution in [3.05, 3.63) is 64.7 Å². The van der Waals surface area contributed by atoms with E-state index >= 15 is 0 Å². The van der Waals surface area contributed by atoms with Crippen molar-refractivity contribution in [1.82, 2.24) is 5.32 Å². The number of nitrogens with two attached hydrogens (primary N) is 1. The first-order valence-electron chi connectivity index (χ1n) is 7.92. The van der Waals surface area contributed by atoms with Crippen LogP contribution >= 0.6 is 0 Å². The molecule has 0 saturated heterocycles. The second-order valence-corrected chi connectivity index (χ2v) is 5.97. The lowest BCUT2D eigenvalue weighted by atomic mass is 10.0. The number of hydrogen-bond acceptors (Lipinski definition) is 2. The number of carbonyl (C=O) groups excluding carboxylic acids is 1. The maximum Gasteiger partial charge on any atom is 0.224 e. The minimum Gasteiger partial charge on any atom is -0.399 e. The molecule has 0 unspecified atom stereocenters. The highest BCUT2D eigenvalue weighted by Gasteiger charge is 2.12. The number of carbonyl (C=O) groups is 1. The second-order valence-electron chi connectivity index (χ2n) is 5.97. The molecule has 3 nitrogen and oxygen atoms in total. The normalized spacial score (nSPS) is 12.9. The molecule has 3 N–H and O–H groups in total. The van der Waals surface area contributed by atoms with Crippen molar-refractivity contribution in [3.63, 3.8) is 0 Å². The Balaban J connectivity index is 1.47. The maximum atomic E-state index is 12.0. The van der Waals surface area contributed by atoms with E-state index in [2.05, 4.69) is 23.5 Å². The third kappa shape index (κ3) is 3.67. The van der Waals surface area contributed by atoms with Gasteiger partial charge in [0.15, 0.2) is 0 Å². The van der Waals surface area contributed by atoms with Gasteiger partial charge in [0, 0.05) is 12.2 Å². The molecule has 3 rings (SSSR count). The van der Waals surface area contributed by atoms with Crippen molar-refractivity contribution < 1.29 is 4.79 Å². The van der Waals surface area contributed by atoms with Crippen LogP contribution in [0.2, 0.25) is 0 Å². The number of anilines is 1. The highest BCUT2D eigenvalue weighted by Crippen LogP contribution is 2.22. The van der Waals surface area contributed by atoms with Gasteiger partial charge in [0.05, 0.1) is 6.42 Å². The van der Waals surface area contributed by atoms with Gasteiger partial charge >= 0.3 is 0 Å². The van der Waals surface area contributed by atoms with Gasteiger partial charge in [-0.2, -0.15) is 0 Å². The van der Waals surface area contributed by atoms with Gasteiger partial charge in [0.25, 0.3) is 0 Å². The lowest BCUT2D eigenvalue weighted by Gasteiger charge is -2.07. The fourth-order valence-corrected chi connectivity index (χ4v) is 3.01. The van der Waals surface area contributed by atoms with Crippen LogP contribution in [0.3, 0.4) is 0 Å². The van der Waals surface area contributed by atoms with Crippen LogP contribution in [0, 0.1) is 0 Å². The third-order valence-electron chi connectivity index (χ3n) is 4.24. The predicted molar refractivity (Wildman–Crippen MR) is 89.7 cm³/mol. The molecule has 0 heterocycles. The van der Waals surface area contributed by atoms with Gasteiger partial charge in [-0.15, -0.1) is 0 Å². The highest BCUT2D eigenvalue weighted by atomic mass is 16.1. The summed E-state index contributed by atoms with van der Waals surface area (Å²) in [4.78, 5) is 12.0. The number of rotatable bonds is 5. The summed E-state index contributed by atoms with van der Waals surface area (Å²) in [6.45, 7) is 0.660. The summed E-state index contributed by atoms with van der Waals surface area (Å²) >= 11 is 0. The van der Waals surface area contributed by atoms with Crippen LogP contribution in [-0.2, 0) is 30.5 Å². The van der Waals surface area contributed by atoms with E-state index < -0.39 is 0 Å². The predicted octanol–water partition coefficient (Wildman–Crippen LogP) is 2.66. The molecular formula is C19H22N2O. The fourth-order valence-electron chi connectivity index (χ4n) is 3.01. The van der Waals surface area contributed by atoms with E-state index in [1.165, 1.54) is 29.5 Å². The number of benzene rings is 2. The van der Waals surface area contributed by atoms with Gasteiger partial charge < -0.3 is 11.1 Å². The molecule has 2 aromatic carbocycles. The first-order chi connectivity index (χ1) is 10.7. The highest BCUT2D eigenvalue weighted by molar-refractivity contribution is 5.78. The Kier molecular flexibility index (Phi) is 4.42. The summed E-state index contributed by atoms with van der Waals surface area (Å²) in [6.07, 6.45) is 4.88. The molecule has 0 fully saturated rings. The Labute approximate surface area is 131 Å². The zero-order chi connectivity index (χ0) is 15.4. The first-order valence-corrected chi connectivity index (χ1v) is 7.92. The quantitative estimate of drug-likeness (QED) is 0.833. The van der Waals surface area contributed by atoms with E-state index in [4.69, 9.17) is 5.73 Å². The van der Waals surface area contributed by atoms with Crippen molar-refractivity contribution in [2.75, 3.05) is 12.3 Å². The Morgan fingerprint density at radius 2 is 1.73 bits per heavy atom. The van der Waals surface area contributed by atoms with Gasteiger partial charge in [-0.1, -0.05) is 30.3 Å². The molecule has 1 aliphatic carbocycles. The van der Waals surface area contributed by atoms with Crippen LogP contribution in [0.5, 0.6) is 0 Å². The summed E-state index contributed by atoms with van der Waals surface area (Å²) in [7, 11) is 0. The third-order valence-corrected chi connectivity index (χ3v) is 4.24.